The van der Waals surface area contributed by atoms with E-state index in [9.17, 15) is 0 Å². The van der Waals surface area contributed by atoms with Gasteiger partial charge in [-0.1, -0.05) is 53.4 Å². The van der Waals surface area contributed by atoms with Crippen LogP contribution >= 0.6 is 0 Å². The summed E-state index contributed by atoms with van der Waals surface area (Å²) in [6, 6.07) is 0. The largest absolute Gasteiger partial charge is 2.00 e. The van der Waals surface area contributed by atoms with Crippen LogP contribution in [0.3, 0.4) is 0 Å². The zero-order valence-corrected chi connectivity index (χ0v) is 21.6. The van der Waals surface area contributed by atoms with Crippen molar-refractivity contribution in [3.05, 3.63) is 0 Å². The Balaban J connectivity index is -0.000000275. The second kappa shape index (κ2) is 25.3. The SMILES string of the molecule is CCCCN(CCCC)CCN(CCCC)CCCC.[Cu+2].[O-][Cl+3]([O-])([O-])[O-].[O-][Cl+3]([O-])([O-])[O-]. The molecule has 0 amide bonds. The van der Waals surface area contributed by atoms with Crippen molar-refractivity contribution in [3.8, 4) is 0 Å². The summed E-state index contributed by atoms with van der Waals surface area (Å²) in [5, 5.41) is 0. The van der Waals surface area contributed by atoms with Gasteiger partial charge in [-0.25, -0.2) is 37.3 Å². The number of unbranched alkanes of at least 4 members (excludes halogenated alkanes) is 4. The average molecular weight is 547 g/mol. The Kier molecular flexibility index (Phi) is 31.8. The zero-order chi connectivity index (χ0) is 24.1. The van der Waals surface area contributed by atoms with Crippen molar-refractivity contribution in [2.75, 3.05) is 39.3 Å². The fourth-order valence-corrected chi connectivity index (χ4v) is 2.48. The molecule has 0 atom stereocenters. The Labute approximate surface area is 202 Å². The Morgan fingerprint density at radius 1 is 0.419 bits per heavy atom. The summed E-state index contributed by atoms with van der Waals surface area (Å²) in [5.41, 5.74) is 0. The maximum Gasteiger partial charge on any atom is 2.00 e. The third kappa shape index (κ3) is 53.7. The van der Waals surface area contributed by atoms with Crippen molar-refractivity contribution >= 4 is 0 Å². The van der Waals surface area contributed by atoms with Crippen molar-refractivity contribution in [2.24, 2.45) is 0 Å². The standard InChI is InChI=1S/C18H40N2.2ClHO4.Cu/c1-5-9-13-19(14-10-6-2)17-18-20(15-11-7-3)16-12-8-4;2*2-1(3,4)5;/h5-18H2,1-4H3;2*(H,2,3,4,5);/q;;;+2/p-2. The maximum absolute atomic E-state index is 8.49. The third-order valence-electron chi connectivity index (χ3n) is 4.04. The van der Waals surface area contributed by atoms with Gasteiger partial charge in [-0.2, -0.15) is 0 Å². The molecule has 0 saturated heterocycles. The van der Waals surface area contributed by atoms with Gasteiger partial charge in [0.15, 0.2) is 0 Å². The van der Waals surface area contributed by atoms with E-state index in [0.717, 1.165) is 0 Å². The topological polar surface area (TPSA) is 191 Å². The first-order valence-corrected chi connectivity index (χ1v) is 12.9. The molecule has 0 aliphatic rings. The Morgan fingerprint density at radius 3 is 0.710 bits per heavy atom. The molecule has 0 heterocycles. The summed E-state index contributed by atoms with van der Waals surface area (Å²) < 4.78 is 67.9. The van der Waals surface area contributed by atoms with Crippen LogP contribution in [0.2, 0.25) is 0 Å². The van der Waals surface area contributed by atoms with E-state index in [-0.39, 0.29) is 17.1 Å². The number of hydrogen-bond acceptors (Lipinski definition) is 10. The monoisotopic (exact) mass is 545 g/mol. The third-order valence-corrected chi connectivity index (χ3v) is 4.04. The number of nitrogens with zero attached hydrogens (tertiary/aromatic N) is 2. The molecule has 0 aromatic rings. The molecule has 13 heteroatoms. The number of halogens is 2. The van der Waals surface area contributed by atoms with Gasteiger partial charge in [0.05, 0.1) is 0 Å². The quantitative estimate of drug-likeness (QED) is 0.180. The molecule has 0 bridgehead atoms. The molecule has 31 heavy (non-hydrogen) atoms. The Morgan fingerprint density at radius 2 is 0.581 bits per heavy atom. The van der Waals surface area contributed by atoms with Crippen LogP contribution in [0.5, 0.6) is 0 Å². The van der Waals surface area contributed by atoms with E-state index in [1.807, 2.05) is 0 Å². The van der Waals surface area contributed by atoms with E-state index in [2.05, 4.69) is 37.5 Å². The van der Waals surface area contributed by atoms with E-state index < -0.39 is 20.5 Å². The summed E-state index contributed by atoms with van der Waals surface area (Å²) in [4.78, 5) is 5.38. The van der Waals surface area contributed by atoms with Crippen LogP contribution in [0.15, 0.2) is 0 Å². The van der Waals surface area contributed by atoms with Crippen LogP contribution in [0.1, 0.15) is 79.1 Å². The molecule has 0 aliphatic heterocycles. The van der Waals surface area contributed by atoms with Crippen molar-refractivity contribution in [3.63, 3.8) is 0 Å². The van der Waals surface area contributed by atoms with Crippen molar-refractivity contribution < 1.29 is 74.8 Å². The van der Waals surface area contributed by atoms with E-state index in [1.165, 1.54) is 90.6 Å². The Bertz CT molecular complexity index is 292. The first-order valence-electron chi connectivity index (χ1n) is 10.5. The second-order valence-corrected chi connectivity index (χ2v) is 8.37. The van der Waals surface area contributed by atoms with Gasteiger partial charge < -0.3 is 9.80 Å². The molecule has 0 rings (SSSR count). The van der Waals surface area contributed by atoms with Gasteiger partial charge in [-0.15, -0.1) is 20.5 Å². The van der Waals surface area contributed by atoms with Crippen molar-refractivity contribution in [1.82, 2.24) is 9.80 Å². The fraction of sp³-hybridized carbons (Fsp3) is 1.00. The van der Waals surface area contributed by atoms with Crippen LogP contribution in [-0.2, 0) is 17.1 Å². The number of rotatable bonds is 15. The molecular weight excluding hydrogens is 507 g/mol. The number of hydrogen-bond donors (Lipinski definition) is 0. The molecular formula is C18H40Cl2CuN2O8. The van der Waals surface area contributed by atoms with Gasteiger partial charge in [0.25, 0.3) is 0 Å². The summed E-state index contributed by atoms with van der Waals surface area (Å²) in [6.07, 6.45) is 10.7. The van der Waals surface area contributed by atoms with E-state index >= 15 is 0 Å². The molecule has 0 fully saturated rings. The summed E-state index contributed by atoms with van der Waals surface area (Å²) >= 11 is 0. The van der Waals surface area contributed by atoms with Gasteiger partial charge in [0, 0.05) is 13.1 Å². The fourth-order valence-electron chi connectivity index (χ4n) is 2.48. The average Bonchev–Trinajstić information content (AvgIpc) is 2.59. The van der Waals surface area contributed by atoms with Crippen molar-refractivity contribution in [2.45, 2.75) is 79.1 Å². The minimum Gasteiger partial charge on any atom is -0.302 e. The first kappa shape index (κ1) is 38.9. The molecule has 0 unspecified atom stereocenters. The smallest absolute Gasteiger partial charge is 0.302 e. The predicted molar refractivity (Wildman–Crippen MR) is 92.5 cm³/mol. The van der Waals surface area contributed by atoms with Crippen molar-refractivity contribution in [1.29, 1.82) is 0 Å². The molecule has 10 nitrogen and oxygen atoms in total. The molecule has 195 valence electrons. The second-order valence-electron chi connectivity index (χ2n) is 6.85. The van der Waals surface area contributed by atoms with E-state index in [1.54, 1.807) is 0 Å². The van der Waals surface area contributed by atoms with E-state index in [4.69, 9.17) is 37.3 Å². The first-order chi connectivity index (χ1) is 13.8. The maximum atomic E-state index is 8.49. The van der Waals surface area contributed by atoms with E-state index in [0.29, 0.717) is 0 Å². The van der Waals surface area contributed by atoms with Gasteiger partial charge in [-0.05, 0) is 51.9 Å². The molecule has 0 saturated carbocycles. The summed E-state index contributed by atoms with van der Waals surface area (Å²) in [5.74, 6) is 0. The summed E-state index contributed by atoms with van der Waals surface area (Å²) in [6.45, 7) is 16.9. The zero-order valence-electron chi connectivity index (χ0n) is 19.1. The Hall–Kier alpha value is 0.699. The molecule has 0 aromatic heterocycles. The van der Waals surface area contributed by atoms with Crippen LogP contribution in [0, 0.1) is 20.5 Å². The predicted octanol–water partition coefficient (Wildman–Crippen LogP) is -4.72. The molecule has 0 N–H and O–H groups in total. The van der Waals surface area contributed by atoms with Gasteiger partial charge in [-0.3, -0.25) is 0 Å². The molecule has 1 radical (unpaired) electrons. The molecule has 0 aliphatic carbocycles. The minimum atomic E-state index is -4.94. The summed E-state index contributed by atoms with van der Waals surface area (Å²) in [7, 11) is -9.89. The van der Waals surface area contributed by atoms with Crippen LogP contribution in [0.25, 0.3) is 0 Å². The van der Waals surface area contributed by atoms with Crippen LogP contribution in [-0.4, -0.2) is 49.1 Å². The van der Waals surface area contributed by atoms with Gasteiger partial charge >= 0.3 is 17.1 Å². The van der Waals surface area contributed by atoms with Crippen LogP contribution in [0.4, 0.5) is 0 Å². The van der Waals surface area contributed by atoms with Crippen LogP contribution < -0.4 is 37.3 Å². The molecule has 0 aromatic carbocycles. The van der Waals surface area contributed by atoms with Gasteiger partial charge in [0.2, 0.25) is 0 Å². The normalized spacial score (nSPS) is 11.4. The van der Waals surface area contributed by atoms with Gasteiger partial charge in [0.1, 0.15) is 0 Å². The molecule has 0 spiro atoms. The minimum absolute atomic E-state index is 0.